The second-order valence-electron chi connectivity index (χ2n) is 8.33. The van der Waals surface area contributed by atoms with Crippen LogP contribution < -0.4 is 10.0 Å². The Morgan fingerprint density at radius 1 is 1.13 bits per heavy atom. The van der Waals surface area contributed by atoms with Crippen molar-refractivity contribution in [2.24, 2.45) is 0 Å². The number of carboxylic acid groups (broad SMARTS) is 1. The Balaban J connectivity index is 1.74. The van der Waals surface area contributed by atoms with Gasteiger partial charge in [0.05, 0.1) is 16.9 Å². The number of sulfonamides is 1. The van der Waals surface area contributed by atoms with Crippen LogP contribution >= 0.6 is 11.6 Å². The highest BCUT2D eigenvalue weighted by atomic mass is 35.5. The van der Waals surface area contributed by atoms with Crippen LogP contribution in [0.5, 0.6) is 0 Å². The predicted molar refractivity (Wildman–Crippen MR) is 136 cm³/mol. The molecule has 4 N–H and O–H groups in total. The number of H-pyrrole nitrogens is 1. The van der Waals surface area contributed by atoms with Gasteiger partial charge in [-0.2, -0.15) is 21.6 Å². The van der Waals surface area contributed by atoms with Crippen molar-refractivity contribution in [3.63, 3.8) is 0 Å². The van der Waals surface area contributed by atoms with Crippen LogP contribution in [-0.2, 0) is 27.7 Å². The number of anilines is 2. The van der Waals surface area contributed by atoms with Gasteiger partial charge in [-0.1, -0.05) is 49.2 Å². The van der Waals surface area contributed by atoms with Crippen molar-refractivity contribution in [2.75, 3.05) is 10.0 Å². The number of imidazole rings is 1. The number of rotatable bonds is 11. The van der Waals surface area contributed by atoms with Gasteiger partial charge in [-0.15, -0.1) is 0 Å². The second-order valence-corrected chi connectivity index (χ2v) is 10.4. The van der Waals surface area contributed by atoms with E-state index in [1.165, 1.54) is 29.0 Å². The normalized spacial score (nSPS) is 12.7. The average molecular weight is 573 g/mol. The molecule has 0 saturated heterocycles. The first-order valence-corrected chi connectivity index (χ1v) is 13.2. The van der Waals surface area contributed by atoms with Gasteiger partial charge in [-0.05, 0) is 42.7 Å². The van der Waals surface area contributed by atoms with Gasteiger partial charge in [0.15, 0.2) is 5.15 Å². The molecule has 0 radical (unpaired) electrons. The van der Waals surface area contributed by atoms with Crippen LogP contribution in [0.4, 0.5) is 24.5 Å². The van der Waals surface area contributed by atoms with Gasteiger partial charge in [-0.3, -0.25) is 14.3 Å². The standard InChI is InChI=1S/C24H24ClF3N4O5S/c1-2-3-8-19-30-20(21(25)31-19)17(23(34)35)13-14-9-11-15(12-10-14)29-22(33)16-6-4-5-7-18(16)32-38(36,37)24(26,27)28/h4-7,9-12,17,32H,2-3,8,13H2,1H3,(H,29,33)(H,30,31)(H,34,35). The third kappa shape index (κ3) is 7.04. The highest BCUT2D eigenvalue weighted by Crippen LogP contribution is 2.29. The molecule has 1 amide bonds. The topological polar surface area (TPSA) is 141 Å². The number of carbonyl (C=O) groups is 2. The smallest absolute Gasteiger partial charge is 0.481 e. The van der Waals surface area contributed by atoms with Crippen molar-refractivity contribution in [1.82, 2.24) is 9.97 Å². The van der Waals surface area contributed by atoms with Gasteiger partial charge in [0.1, 0.15) is 11.7 Å². The zero-order valence-electron chi connectivity index (χ0n) is 20.0. The summed E-state index contributed by atoms with van der Waals surface area (Å²) in [5, 5.41) is 12.3. The number of aryl methyl sites for hydroxylation is 1. The molecular formula is C24H24ClF3N4O5S. The summed E-state index contributed by atoms with van der Waals surface area (Å²) >= 11 is 6.19. The van der Waals surface area contributed by atoms with E-state index in [0.717, 1.165) is 25.0 Å². The molecule has 1 unspecified atom stereocenters. The summed E-state index contributed by atoms with van der Waals surface area (Å²) in [6.07, 6.45) is 2.51. The number of hydrogen-bond acceptors (Lipinski definition) is 5. The minimum absolute atomic E-state index is 0.0702. The van der Waals surface area contributed by atoms with Crippen molar-refractivity contribution in [3.8, 4) is 0 Å². The number of hydrogen-bond donors (Lipinski definition) is 4. The van der Waals surface area contributed by atoms with E-state index in [0.29, 0.717) is 23.5 Å². The van der Waals surface area contributed by atoms with Crippen LogP contribution in [0.15, 0.2) is 48.5 Å². The fourth-order valence-corrected chi connectivity index (χ4v) is 4.42. The summed E-state index contributed by atoms with van der Waals surface area (Å²) in [6, 6.07) is 10.9. The first-order chi connectivity index (χ1) is 17.8. The van der Waals surface area contributed by atoms with Crippen molar-refractivity contribution in [2.45, 2.75) is 44.0 Å². The molecule has 1 atom stereocenters. The van der Waals surface area contributed by atoms with E-state index < -0.39 is 39.0 Å². The zero-order chi connectivity index (χ0) is 28.1. The first kappa shape index (κ1) is 29.0. The number of nitrogens with zero attached hydrogens (tertiary/aromatic N) is 1. The molecule has 1 aromatic heterocycles. The quantitative estimate of drug-likeness (QED) is 0.245. The van der Waals surface area contributed by atoms with Crippen molar-refractivity contribution in [1.29, 1.82) is 0 Å². The lowest BCUT2D eigenvalue weighted by Crippen LogP contribution is -2.30. The number of para-hydroxylation sites is 1. The van der Waals surface area contributed by atoms with Gasteiger partial charge < -0.3 is 15.4 Å². The molecule has 0 bridgehead atoms. The fourth-order valence-electron chi connectivity index (χ4n) is 3.55. The highest BCUT2D eigenvalue weighted by Gasteiger charge is 2.46. The number of aliphatic carboxylic acids is 1. The zero-order valence-corrected chi connectivity index (χ0v) is 21.5. The lowest BCUT2D eigenvalue weighted by Gasteiger charge is -2.14. The van der Waals surface area contributed by atoms with E-state index in [2.05, 4.69) is 15.3 Å². The Kier molecular flexibility index (Phi) is 9.05. The Hall–Kier alpha value is -3.58. The molecule has 0 aliphatic rings. The molecule has 0 fully saturated rings. The van der Waals surface area contributed by atoms with E-state index in [1.54, 1.807) is 12.1 Å². The molecule has 1 heterocycles. The minimum Gasteiger partial charge on any atom is -0.481 e. The molecule has 2 aromatic carbocycles. The number of alkyl halides is 3. The van der Waals surface area contributed by atoms with Gasteiger partial charge >= 0.3 is 21.5 Å². The van der Waals surface area contributed by atoms with Crippen molar-refractivity contribution >= 4 is 44.9 Å². The molecule has 9 nitrogen and oxygen atoms in total. The number of amides is 1. The Morgan fingerprint density at radius 3 is 2.39 bits per heavy atom. The Labute approximate surface area is 221 Å². The number of benzene rings is 2. The van der Waals surface area contributed by atoms with E-state index in [-0.39, 0.29) is 22.8 Å². The third-order valence-corrected chi connectivity index (χ3v) is 6.91. The highest BCUT2D eigenvalue weighted by molar-refractivity contribution is 7.93. The average Bonchev–Trinajstić information content (AvgIpc) is 3.21. The number of aromatic nitrogens is 2. The molecule has 0 aliphatic carbocycles. The molecule has 3 rings (SSSR count). The van der Waals surface area contributed by atoms with E-state index in [9.17, 15) is 36.3 Å². The van der Waals surface area contributed by atoms with Crippen molar-refractivity contribution < 1.29 is 36.3 Å². The lowest BCUT2D eigenvalue weighted by atomic mass is 9.96. The summed E-state index contributed by atoms with van der Waals surface area (Å²) in [5.74, 6) is -2.35. The van der Waals surface area contributed by atoms with Gasteiger partial charge in [0, 0.05) is 12.1 Å². The molecule has 3 aromatic rings. The Morgan fingerprint density at radius 2 is 1.79 bits per heavy atom. The maximum absolute atomic E-state index is 12.8. The van der Waals surface area contributed by atoms with Crippen LogP contribution in [0.3, 0.4) is 0 Å². The molecule has 204 valence electrons. The fraction of sp³-hybridized carbons (Fsp3) is 0.292. The summed E-state index contributed by atoms with van der Waals surface area (Å²) < 4.78 is 62.6. The number of aromatic amines is 1. The summed E-state index contributed by atoms with van der Waals surface area (Å²) in [6.45, 7) is 2.02. The number of carboxylic acids is 1. The first-order valence-electron chi connectivity index (χ1n) is 11.4. The van der Waals surface area contributed by atoms with Crippen LogP contribution in [0.1, 0.15) is 53.1 Å². The maximum atomic E-state index is 12.8. The van der Waals surface area contributed by atoms with Crippen LogP contribution in [0.25, 0.3) is 0 Å². The van der Waals surface area contributed by atoms with Gasteiger partial charge in [0.2, 0.25) is 0 Å². The number of nitrogens with one attached hydrogen (secondary N) is 3. The summed E-state index contributed by atoms with van der Waals surface area (Å²) in [4.78, 5) is 31.9. The predicted octanol–water partition coefficient (Wildman–Crippen LogP) is 5.33. The number of carbonyl (C=O) groups excluding carboxylic acids is 1. The minimum atomic E-state index is -5.73. The maximum Gasteiger partial charge on any atom is 0.516 e. The summed E-state index contributed by atoms with van der Waals surface area (Å²) in [7, 11) is -5.73. The SMILES string of the molecule is CCCCc1nc(Cl)c(C(Cc2ccc(NC(=O)c3ccccc3NS(=O)(=O)C(F)(F)F)cc2)C(=O)O)[nH]1. The van der Waals surface area contributed by atoms with Crippen LogP contribution in [0, 0.1) is 0 Å². The van der Waals surface area contributed by atoms with Gasteiger partial charge in [0.25, 0.3) is 5.91 Å². The van der Waals surface area contributed by atoms with Crippen molar-refractivity contribution in [3.05, 3.63) is 76.3 Å². The van der Waals surface area contributed by atoms with E-state index in [4.69, 9.17) is 11.6 Å². The second kappa shape index (κ2) is 11.9. The molecule has 0 saturated carbocycles. The molecule has 14 heteroatoms. The molecule has 0 aliphatic heterocycles. The Bertz CT molecular complexity index is 1410. The molecule has 38 heavy (non-hydrogen) atoms. The van der Waals surface area contributed by atoms with E-state index in [1.807, 2.05) is 6.92 Å². The third-order valence-electron chi connectivity index (χ3n) is 5.52. The molecular weight excluding hydrogens is 549 g/mol. The monoisotopic (exact) mass is 572 g/mol. The van der Waals surface area contributed by atoms with Crippen LogP contribution in [-0.4, -0.2) is 40.9 Å². The van der Waals surface area contributed by atoms with Gasteiger partial charge in [-0.25, -0.2) is 4.98 Å². The number of unbranched alkanes of at least 4 members (excludes halogenated alkanes) is 1. The van der Waals surface area contributed by atoms with E-state index >= 15 is 0 Å². The lowest BCUT2D eigenvalue weighted by molar-refractivity contribution is -0.138. The molecule has 0 spiro atoms. The number of halogens is 4. The largest absolute Gasteiger partial charge is 0.516 e. The summed E-state index contributed by atoms with van der Waals surface area (Å²) in [5.41, 5.74) is -5.28. The van der Waals surface area contributed by atoms with Crippen LogP contribution in [0.2, 0.25) is 5.15 Å².